The summed E-state index contributed by atoms with van der Waals surface area (Å²) in [6.07, 6.45) is 2.97. The van der Waals surface area contributed by atoms with E-state index in [0.29, 0.717) is 30.9 Å². The first kappa shape index (κ1) is 17.9. The van der Waals surface area contributed by atoms with Gasteiger partial charge in [-0.05, 0) is 37.0 Å². The summed E-state index contributed by atoms with van der Waals surface area (Å²) in [7, 11) is -3.26. The lowest BCUT2D eigenvalue weighted by Gasteiger charge is -2.36. The lowest BCUT2D eigenvalue weighted by molar-refractivity contribution is -0.114. The molecule has 2 atom stereocenters. The highest BCUT2D eigenvalue weighted by Crippen LogP contribution is 2.30. The minimum absolute atomic E-state index is 0.106. The highest BCUT2D eigenvalue weighted by molar-refractivity contribution is 7.88. The Hall–Kier alpha value is -1.93. The molecule has 1 N–H and O–H groups in total. The maximum atomic E-state index is 13.0. The van der Waals surface area contributed by atoms with Crippen LogP contribution >= 0.6 is 0 Å². The van der Waals surface area contributed by atoms with Crippen LogP contribution in [0.1, 0.15) is 30.1 Å². The molecule has 0 aliphatic carbocycles. The van der Waals surface area contributed by atoms with Crippen LogP contribution in [0.2, 0.25) is 0 Å². The van der Waals surface area contributed by atoms with Crippen molar-refractivity contribution >= 4 is 27.5 Å². The summed E-state index contributed by atoms with van der Waals surface area (Å²) in [5, 5.41) is 2.68. The van der Waals surface area contributed by atoms with E-state index in [1.54, 1.807) is 29.2 Å². The zero-order chi connectivity index (χ0) is 18.2. The fourth-order valence-electron chi connectivity index (χ4n) is 3.66. The first-order valence-electron chi connectivity index (χ1n) is 8.38. The van der Waals surface area contributed by atoms with Gasteiger partial charge in [-0.2, -0.15) is 4.31 Å². The van der Waals surface area contributed by atoms with E-state index in [1.165, 1.54) is 17.5 Å². The van der Waals surface area contributed by atoms with E-state index in [9.17, 15) is 18.0 Å². The molecule has 4 rings (SSSR count). The molecule has 0 spiro atoms. The second-order valence-corrected chi connectivity index (χ2v) is 8.88. The molecule has 7 nitrogen and oxygen atoms in total. The molecule has 3 saturated heterocycles. The SMILES string of the molecule is CC(=O)Nc1cccc(C(=O)N2C[C@H]3CC[C@@H]2CN(S(C)(=O)=O)C3)c1. The van der Waals surface area contributed by atoms with E-state index in [-0.39, 0.29) is 23.8 Å². The molecule has 25 heavy (non-hydrogen) atoms. The fraction of sp³-hybridized carbons (Fsp3) is 0.529. The van der Waals surface area contributed by atoms with Crippen LogP contribution in [-0.2, 0) is 14.8 Å². The summed E-state index contributed by atoms with van der Waals surface area (Å²) in [6, 6.07) is 6.75. The molecule has 1 aromatic rings. The van der Waals surface area contributed by atoms with Crippen molar-refractivity contribution in [2.45, 2.75) is 25.8 Å². The first-order valence-corrected chi connectivity index (χ1v) is 10.2. The fourth-order valence-corrected chi connectivity index (χ4v) is 4.58. The van der Waals surface area contributed by atoms with E-state index >= 15 is 0 Å². The highest BCUT2D eigenvalue weighted by Gasteiger charge is 2.39. The van der Waals surface area contributed by atoms with Gasteiger partial charge in [0.15, 0.2) is 0 Å². The van der Waals surface area contributed by atoms with Crippen LogP contribution in [-0.4, -0.2) is 61.4 Å². The highest BCUT2D eigenvalue weighted by atomic mass is 32.2. The number of piperidine rings is 1. The number of hydrogen-bond acceptors (Lipinski definition) is 4. The Morgan fingerprint density at radius 3 is 2.60 bits per heavy atom. The van der Waals surface area contributed by atoms with Crippen molar-refractivity contribution < 1.29 is 18.0 Å². The summed E-state index contributed by atoms with van der Waals surface area (Å²) < 4.78 is 25.4. The van der Waals surface area contributed by atoms with E-state index in [0.717, 1.165) is 12.8 Å². The monoisotopic (exact) mass is 365 g/mol. The van der Waals surface area contributed by atoms with Crippen molar-refractivity contribution in [2.24, 2.45) is 5.92 Å². The molecule has 3 heterocycles. The molecule has 0 radical (unpaired) electrons. The van der Waals surface area contributed by atoms with Gasteiger partial charge in [-0.25, -0.2) is 8.42 Å². The second kappa shape index (κ2) is 6.76. The number of anilines is 1. The van der Waals surface area contributed by atoms with Crippen molar-refractivity contribution in [1.29, 1.82) is 0 Å². The van der Waals surface area contributed by atoms with Gasteiger partial charge < -0.3 is 10.2 Å². The topological polar surface area (TPSA) is 86.8 Å². The zero-order valence-corrected chi connectivity index (χ0v) is 15.3. The molecular weight excluding hydrogens is 342 g/mol. The van der Waals surface area contributed by atoms with E-state index in [4.69, 9.17) is 0 Å². The average Bonchev–Trinajstić information content (AvgIpc) is 2.85. The molecule has 8 heteroatoms. The molecule has 3 aliphatic heterocycles. The summed E-state index contributed by atoms with van der Waals surface area (Å²) in [5.41, 5.74) is 1.08. The number of fused-ring (bicyclic) bond motifs is 4. The Balaban J connectivity index is 1.82. The molecule has 136 valence electrons. The lowest BCUT2D eigenvalue weighted by Crippen LogP contribution is -2.47. The molecule has 2 amide bonds. The van der Waals surface area contributed by atoms with Gasteiger partial charge in [-0.15, -0.1) is 0 Å². The maximum Gasteiger partial charge on any atom is 0.254 e. The number of rotatable bonds is 3. The summed E-state index contributed by atoms with van der Waals surface area (Å²) in [4.78, 5) is 26.0. The third-order valence-corrected chi connectivity index (χ3v) is 6.08. The van der Waals surface area contributed by atoms with E-state index in [2.05, 4.69) is 5.32 Å². The molecule has 0 aromatic heterocycles. The van der Waals surface area contributed by atoms with Gasteiger partial charge >= 0.3 is 0 Å². The Morgan fingerprint density at radius 2 is 1.92 bits per heavy atom. The van der Waals surface area contributed by atoms with Gasteiger partial charge in [0.1, 0.15) is 0 Å². The Bertz CT molecular complexity index is 793. The standard InChI is InChI=1S/C17H23N3O4S/c1-12(21)18-15-5-3-4-14(8-15)17(22)20-10-13-6-7-16(20)11-19(9-13)25(2,23)24/h3-5,8,13,16H,6-7,9-11H2,1-2H3,(H,18,21)/t13-,16+/m0/s1. The van der Waals surface area contributed by atoms with E-state index in [1.807, 2.05) is 0 Å². The largest absolute Gasteiger partial charge is 0.334 e. The van der Waals surface area contributed by atoms with Crippen molar-refractivity contribution in [3.8, 4) is 0 Å². The first-order chi connectivity index (χ1) is 11.7. The van der Waals surface area contributed by atoms with Crippen LogP contribution in [0.3, 0.4) is 0 Å². The number of amides is 2. The van der Waals surface area contributed by atoms with Crippen LogP contribution in [0.25, 0.3) is 0 Å². The molecular formula is C17H23N3O4S. The Labute approximate surface area is 148 Å². The van der Waals surface area contributed by atoms with E-state index < -0.39 is 10.0 Å². The van der Waals surface area contributed by atoms with Gasteiger partial charge in [0, 0.05) is 43.9 Å². The van der Waals surface area contributed by atoms with Gasteiger partial charge in [0.05, 0.1) is 6.26 Å². The molecule has 3 fully saturated rings. The number of sulfonamides is 1. The van der Waals surface area contributed by atoms with Crippen molar-refractivity contribution in [2.75, 3.05) is 31.2 Å². The molecule has 0 unspecified atom stereocenters. The smallest absolute Gasteiger partial charge is 0.254 e. The van der Waals surface area contributed by atoms with Crippen LogP contribution < -0.4 is 5.32 Å². The summed E-state index contributed by atoms with van der Waals surface area (Å²) >= 11 is 0. The van der Waals surface area contributed by atoms with Crippen LogP contribution in [0.4, 0.5) is 5.69 Å². The molecule has 1 aromatic carbocycles. The van der Waals surface area contributed by atoms with Crippen molar-refractivity contribution in [1.82, 2.24) is 9.21 Å². The summed E-state index contributed by atoms with van der Waals surface area (Å²) in [6.45, 7) is 2.82. The zero-order valence-electron chi connectivity index (χ0n) is 14.4. The number of carbonyl (C=O) groups excluding carboxylic acids is 2. The quantitative estimate of drug-likeness (QED) is 0.870. The molecule has 3 aliphatic rings. The van der Waals surface area contributed by atoms with Gasteiger partial charge in [-0.1, -0.05) is 6.07 Å². The molecule has 2 bridgehead atoms. The van der Waals surface area contributed by atoms with Crippen LogP contribution in [0, 0.1) is 5.92 Å². The van der Waals surface area contributed by atoms with Crippen LogP contribution in [0.5, 0.6) is 0 Å². The minimum atomic E-state index is -3.26. The van der Waals surface area contributed by atoms with Gasteiger partial charge in [0.2, 0.25) is 15.9 Å². The third-order valence-electron chi connectivity index (χ3n) is 4.84. The van der Waals surface area contributed by atoms with Crippen LogP contribution in [0.15, 0.2) is 24.3 Å². The third kappa shape index (κ3) is 4.01. The van der Waals surface area contributed by atoms with Gasteiger partial charge in [-0.3, -0.25) is 9.59 Å². The second-order valence-electron chi connectivity index (χ2n) is 6.90. The van der Waals surface area contributed by atoms with Gasteiger partial charge in [0.25, 0.3) is 5.91 Å². The lowest BCUT2D eigenvalue weighted by atomic mass is 9.94. The van der Waals surface area contributed by atoms with Crippen molar-refractivity contribution in [3.63, 3.8) is 0 Å². The number of hydrogen-bond donors (Lipinski definition) is 1. The number of nitrogens with zero attached hydrogens (tertiary/aromatic N) is 2. The molecule has 0 saturated carbocycles. The predicted octanol–water partition coefficient (Wildman–Crippen LogP) is 1.14. The average molecular weight is 365 g/mol. The normalized spacial score (nSPS) is 24.0. The summed E-state index contributed by atoms with van der Waals surface area (Å²) in [5.74, 6) is -0.143. The number of nitrogens with one attached hydrogen (secondary N) is 1. The van der Waals surface area contributed by atoms with Crippen molar-refractivity contribution in [3.05, 3.63) is 29.8 Å². The Kier molecular flexibility index (Phi) is 4.83. The Morgan fingerprint density at radius 1 is 1.16 bits per heavy atom. The maximum absolute atomic E-state index is 13.0. The minimum Gasteiger partial charge on any atom is -0.334 e. The number of benzene rings is 1. The number of carbonyl (C=O) groups is 2. The predicted molar refractivity (Wildman–Crippen MR) is 94.7 cm³/mol.